The lowest BCUT2D eigenvalue weighted by Crippen LogP contribution is -2.30. The van der Waals surface area contributed by atoms with Crippen molar-refractivity contribution in [3.63, 3.8) is 0 Å². The van der Waals surface area contributed by atoms with E-state index >= 15 is 0 Å². The molecule has 1 aromatic heterocycles. The van der Waals surface area contributed by atoms with Gasteiger partial charge in [-0.15, -0.1) is 0 Å². The first kappa shape index (κ1) is 25.8. The van der Waals surface area contributed by atoms with Gasteiger partial charge in [-0.25, -0.2) is 18.4 Å². The van der Waals surface area contributed by atoms with Crippen molar-refractivity contribution in [1.82, 2.24) is 14.3 Å². The molecule has 2 N–H and O–H groups in total. The molecule has 2 aromatic carbocycles. The summed E-state index contributed by atoms with van der Waals surface area (Å²) in [6.07, 6.45) is -3.74. The highest BCUT2D eigenvalue weighted by molar-refractivity contribution is 7.89. The van der Waals surface area contributed by atoms with Gasteiger partial charge in [0.2, 0.25) is 21.7 Å². The number of hydrogen-bond donors (Lipinski definition) is 2. The smallest absolute Gasteiger partial charge is 0.334 e. The van der Waals surface area contributed by atoms with Gasteiger partial charge in [-0.05, 0) is 36.4 Å². The van der Waals surface area contributed by atoms with Crippen LogP contribution in [-0.4, -0.2) is 40.7 Å². The topological polar surface area (TPSA) is 130 Å². The summed E-state index contributed by atoms with van der Waals surface area (Å²) in [5.74, 6) is -0.749. The van der Waals surface area contributed by atoms with Crippen molar-refractivity contribution < 1.29 is 26.5 Å². The van der Waals surface area contributed by atoms with Crippen molar-refractivity contribution in [3.8, 4) is 0 Å². The fraction of sp³-hybridized carbons (Fsp3) is 0.238. The summed E-state index contributed by atoms with van der Waals surface area (Å²) in [4.78, 5) is 18.6. The highest BCUT2D eigenvalue weighted by atomic mass is 32.2. The van der Waals surface area contributed by atoms with Crippen LogP contribution < -0.4 is 10.6 Å². The first-order valence-electron chi connectivity index (χ1n) is 10.3. The van der Waals surface area contributed by atoms with E-state index in [-0.39, 0.29) is 16.4 Å². The number of hydrogen-bond acceptors (Lipinski definition) is 8. The van der Waals surface area contributed by atoms with E-state index in [0.717, 1.165) is 18.5 Å². The van der Waals surface area contributed by atoms with Crippen LogP contribution in [0.15, 0.2) is 59.8 Å². The number of rotatable bonds is 9. The summed E-state index contributed by atoms with van der Waals surface area (Å²) >= 11 is 0. The molecule has 0 spiro atoms. The van der Waals surface area contributed by atoms with E-state index in [4.69, 9.17) is 0 Å². The molecule has 0 atom stereocenters. The predicted molar refractivity (Wildman–Crippen MR) is 123 cm³/mol. The number of alkyl halides is 3. The SMILES string of the molecule is CCN(CC)S(=O)(=O)c1ccc(Nc2ncnc(Nc3ccccc3C(F)(F)F)c2[N+](=O)[O-])cc1. The Morgan fingerprint density at radius 2 is 1.54 bits per heavy atom. The Labute approximate surface area is 199 Å². The number of aromatic nitrogens is 2. The minimum atomic E-state index is -4.69. The number of benzene rings is 2. The first-order valence-corrected chi connectivity index (χ1v) is 11.7. The van der Waals surface area contributed by atoms with Crippen LogP contribution in [0.4, 0.5) is 41.9 Å². The summed E-state index contributed by atoms with van der Waals surface area (Å²) in [5, 5.41) is 16.8. The van der Waals surface area contributed by atoms with Crippen LogP contribution in [-0.2, 0) is 16.2 Å². The first-order chi connectivity index (χ1) is 16.5. The molecule has 0 amide bonds. The third-order valence-corrected chi connectivity index (χ3v) is 7.01. The molecule has 0 unspecified atom stereocenters. The molecule has 0 aliphatic heterocycles. The van der Waals surface area contributed by atoms with E-state index in [1.807, 2.05) is 0 Å². The Hall–Kier alpha value is -3.78. The summed E-state index contributed by atoms with van der Waals surface area (Å²) in [6.45, 7) is 4.01. The highest BCUT2D eigenvalue weighted by Crippen LogP contribution is 2.38. The van der Waals surface area contributed by atoms with Gasteiger partial charge in [-0.2, -0.15) is 17.5 Å². The number of nitro groups is 1. The third-order valence-electron chi connectivity index (χ3n) is 4.95. The third kappa shape index (κ3) is 5.66. The van der Waals surface area contributed by atoms with Gasteiger partial charge >= 0.3 is 11.9 Å². The van der Waals surface area contributed by atoms with Crippen LogP contribution in [0.2, 0.25) is 0 Å². The molecule has 14 heteroatoms. The standard InChI is InChI=1S/C21H21F3N6O4S/c1-3-29(4-2)35(33,34)15-11-9-14(10-12-15)27-19-18(30(31)32)20(26-13-25-19)28-17-8-6-5-7-16(17)21(22,23)24/h5-13H,3-4H2,1-2H3,(H2,25,26,27,28). The summed E-state index contributed by atoms with van der Waals surface area (Å²) in [7, 11) is -3.70. The lowest BCUT2D eigenvalue weighted by atomic mass is 10.1. The van der Waals surface area contributed by atoms with Gasteiger partial charge in [0.25, 0.3) is 0 Å². The summed E-state index contributed by atoms with van der Waals surface area (Å²) in [5.41, 5.74) is -1.86. The molecule has 0 saturated carbocycles. The van der Waals surface area contributed by atoms with E-state index in [1.54, 1.807) is 13.8 Å². The molecule has 0 bridgehead atoms. The van der Waals surface area contributed by atoms with Crippen LogP contribution in [0.25, 0.3) is 0 Å². The van der Waals surface area contributed by atoms with Gasteiger partial charge in [-0.1, -0.05) is 26.0 Å². The van der Waals surface area contributed by atoms with Gasteiger partial charge in [0.15, 0.2) is 0 Å². The quantitative estimate of drug-likeness (QED) is 0.306. The van der Waals surface area contributed by atoms with Crippen LogP contribution in [0.5, 0.6) is 0 Å². The Balaban J connectivity index is 1.94. The van der Waals surface area contributed by atoms with Crippen molar-refractivity contribution in [2.45, 2.75) is 24.9 Å². The molecule has 0 fully saturated rings. The number of anilines is 4. The number of sulfonamides is 1. The van der Waals surface area contributed by atoms with E-state index < -0.39 is 43.9 Å². The maximum atomic E-state index is 13.3. The molecule has 0 aliphatic carbocycles. The van der Waals surface area contributed by atoms with Gasteiger partial charge < -0.3 is 10.6 Å². The summed E-state index contributed by atoms with van der Waals surface area (Å²) in [6, 6.07) is 9.96. The second-order valence-corrected chi connectivity index (χ2v) is 9.02. The second kappa shape index (κ2) is 10.2. The van der Waals surface area contributed by atoms with Crippen molar-refractivity contribution in [1.29, 1.82) is 0 Å². The van der Waals surface area contributed by atoms with Gasteiger partial charge in [0.05, 0.1) is 21.1 Å². The fourth-order valence-electron chi connectivity index (χ4n) is 3.26. The molecule has 3 aromatic rings. The Bertz CT molecular complexity index is 1310. The monoisotopic (exact) mass is 510 g/mol. The van der Waals surface area contributed by atoms with Gasteiger partial charge in [0, 0.05) is 18.8 Å². The second-order valence-electron chi connectivity index (χ2n) is 7.08. The Morgan fingerprint density at radius 3 is 2.09 bits per heavy atom. The minimum absolute atomic E-state index is 0.0371. The van der Waals surface area contributed by atoms with E-state index in [9.17, 15) is 31.7 Å². The van der Waals surface area contributed by atoms with E-state index in [2.05, 4.69) is 20.6 Å². The lowest BCUT2D eigenvalue weighted by molar-refractivity contribution is -0.383. The molecule has 1 heterocycles. The Morgan fingerprint density at radius 1 is 0.971 bits per heavy atom. The van der Waals surface area contributed by atoms with E-state index in [1.165, 1.54) is 40.7 Å². The molecule has 0 saturated heterocycles. The normalized spacial score (nSPS) is 11.9. The van der Waals surface area contributed by atoms with Crippen LogP contribution >= 0.6 is 0 Å². The van der Waals surface area contributed by atoms with Crippen molar-refractivity contribution in [3.05, 3.63) is 70.5 Å². The molecule has 186 valence electrons. The van der Waals surface area contributed by atoms with Crippen LogP contribution in [0.3, 0.4) is 0 Å². The Kier molecular flexibility index (Phi) is 7.55. The zero-order chi connectivity index (χ0) is 25.8. The molecule has 3 rings (SSSR count). The number of para-hydroxylation sites is 1. The largest absolute Gasteiger partial charge is 0.418 e. The van der Waals surface area contributed by atoms with Gasteiger partial charge in [0.1, 0.15) is 6.33 Å². The predicted octanol–water partition coefficient (Wildman–Crippen LogP) is 4.92. The zero-order valence-corrected chi connectivity index (χ0v) is 19.4. The number of halogens is 3. The molecule has 0 aliphatic rings. The average molecular weight is 510 g/mol. The number of nitrogens with zero attached hydrogens (tertiary/aromatic N) is 4. The molecular formula is C21H21F3N6O4S. The fourth-order valence-corrected chi connectivity index (χ4v) is 4.72. The van der Waals surface area contributed by atoms with Crippen LogP contribution in [0, 0.1) is 10.1 Å². The zero-order valence-electron chi connectivity index (χ0n) is 18.6. The van der Waals surface area contributed by atoms with Crippen LogP contribution in [0.1, 0.15) is 19.4 Å². The molecular weight excluding hydrogens is 489 g/mol. The minimum Gasteiger partial charge on any atom is -0.334 e. The van der Waals surface area contributed by atoms with Gasteiger partial charge in [-0.3, -0.25) is 10.1 Å². The molecule has 10 nitrogen and oxygen atoms in total. The lowest BCUT2D eigenvalue weighted by Gasteiger charge is -2.18. The average Bonchev–Trinajstić information content (AvgIpc) is 2.79. The van der Waals surface area contributed by atoms with Crippen molar-refractivity contribution in [2.24, 2.45) is 0 Å². The summed E-state index contributed by atoms with van der Waals surface area (Å²) < 4.78 is 66.5. The maximum Gasteiger partial charge on any atom is 0.418 e. The molecule has 0 radical (unpaired) electrons. The molecule has 35 heavy (non-hydrogen) atoms. The number of nitrogens with one attached hydrogen (secondary N) is 2. The highest BCUT2D eigenvalue weighted by Gasteiger charge is 2.34. The maximum absolute atomic E-state index is 13.3. The van der Waals surface area contributed by atoms with Crippen molar-refractivity contribution >= 4 is 38.7 Å². The van der Waals surface area contributed by atoms with E-state index in [0.29, 0.717) is 13.1 Å². The van der Waals surface area contributed by atoms with Crippen molar-refractivity contribution in [2.75, 3.05) is 23.7 Å².